The highest BCUT2D eigenvalue weighted by Gasteiger charge is 2.39. The van der Waals surface area contributed by atoms with E-state index >= 15 is 0 Å². The third-order valence-corrected chi connectivity index (χ3v) is 2.83. The van der Waals surface area contributed by atoms with E-state index in [1.165, 1.54) is 0 Å². The Morgan fingerprint density at radius 3 is 2.18 bits per heavy atom. The number of aryl methyl sites for hydroxylation is 1. The van der Waals surface area contributed by atoms with Crippen LogP contribution in [-0.4, -0.2) is 34.1 Å². The highest BCUT2D eigenvalue weighted by molar-refractivity contribution is 5.62. The van der Waals surface area contributed by atoms with Crippen molar-refractivity contribution in [2.24, 2.45) is 7.05 Å². The Morgan fingerprint density at radius 2 is 1.76 bits per heavy atom. The smallest absolute Gasteiger partial charge is 0.174 e. The minimum absolute atomic E-state index is 0.189. The maximum Gasteiger partial charge on any atom is 0.174 e. The predicted octanol–water partition coefficient (Wildman–Crippen LogP) is 1.40. The molecular formula is C12H22N4O. The second-order valence-electron chi connectivity index (χ2n) is 6.06. The zero-order valence-corrected chi connectivity index (χ0v) is 11.3. The van der Waals surface area contributed by atoms with Crippen molar-refractivity contribution in [1.29, 1.82) is 0 Å². The quantitative estimate of drug-likeness (QED) is 0.803. The van der Waals surface area contributed by atoms with Crippen molar-refractivity contribution in [1.82, 2.24) is 9.78 Å². The van der Waals surface area contributed by atoms with Crippen LogP contribution in [0.4, 0.5) is 11.5 Å². The molecule has 0 amide bonds. The number of nitrogen functional groups attached to an aromatic ring is 1. The number of nitrogens with zero attached hydrogens (tertiary/aromatic N) is 3. The van der Waals surface area contributed by atoms with Gasteiger partial charge in [-0.3, -0.25) is 4.68 Å². The fraction of sp³-hybridized carbons (Fsp3) is 0.750. The first-order chi connectivity index (χ1) is 7.69. The largest absolute Gasteiger partial charge is 0.394 e. The van der Waals surface area contributed by atoms with Crippen LogP contribution in [0.2, 0.25) is 0 Å². The van der Waals surface area contributed by atoms with Crippen LogP contribution in [-0.2, 0) is 11.8 Å². The van der Waals surface area contributed by atoms with Gasteiger partial charge in [0.25, 0.3) is 0 Å². The molecule has 5 heteroatoms. The van der Waals surface area contributed by atoms with Gasteiger partial charge >= 0.3 is 0 Å². The molecule has 1 aromatic rings. The molecule has 0 atom stereocenters. The molecule has 1 aliphatic rings. The molecule has 1 aliphatic heterocycles. The SMILES string of the molecule is Cn1cc(N)c(N2CC(C)(C)OC(C)(C)C2)n1. The number of nitrogens with two attached hydrogens (primary N) is 1. The lowest BCUT2D eigenvalue weighted by molar-refractivity contribution is -0.133. The maximum absolute atomic E-state index is 6.04. The molecule has 0 saturated carbocycles. The summed E-state index contributed by atoms with van der Waals surface area (Å²) in [5.41, 5.74) is 6.33. The van der Waals surface area contributed by atoms with Crippen LogP contribution in [0, 0.1) is 0 Å². The molecule has 5 nitrogen and oxygen atoms in total. The van der Waals surface area contributed by atoms with Crippen LogP contribution in [0.3, 0.4) is 0 Å². The van der Waals surface area contributed by atoms with Crippen LogP contribution in [0.1, 0.15) is 27.7 Å². The van der Waals surface area contributed by atoms with Crippen LogP contribution in [0.5, 0.6) is 0 Å². The minimum Gasteiger partial charge on any atom is -0.394 e. The summed E-state index contributed by atoms with van der Waals surface area (Å²) in [4.78, 5) is 2.21. The van der Waals surface area contributed by atoms with E-state index in [0.717, 1.165) is 24.6 Å². The zero-order valence-electron chi connectivity index (χ0n) is 11.3. The molecule has 17 heavy (non-hydrogen) atoms. The summed E-state index contributed by atoms with van der Waals surface area (Å²) >= 11 is 0. The summed E-state index contributed by atoms with van der Waals surface area (Å²) in [5.74, 6) is 0.858. The lowest BCUT2D eigenvalue weighted by Crippen LogP contribution is -2.57. The molecule has 2 N–H and O–H groups in total. The van der Waals surface area contributed by atoms with E-state index in [4.69, 9.17) is 10.5 Å². The Bertz CT molecular complexity index is 406. The number of hydrogen-bond donors (Lipinski definition) is 1. The summed E-state index contributed by atoms with van der Waals surface area (Å²) in [7, 11) is 1.89. The van der Waals surface area contributed by atoms with Gasteiger partial charge in [-0.15, -0.1) is 0 Å². The Morgan fingerprint density at radius 1 is 1.24 bits per heavy atom. The number of hydrogen-bond acceptors (Lipinski definition) is 4. The van der Waals surface area contributed by atoms with E-state index < -0.39 is 0 Å². The molecule has 0 spiro atoms. The van der Waals surface area contributed by atoms with Crippen LogP contribution >= 0.6 is 0 Å². The van der Waals surface area contributed by atoms with E-state index in [0.29, 0.717) is 0 Å². The third-order valence-electron chi connectivity index (χ3n) is 2.83. The maximum atomic E-state index is 6.04. The summed E-state index contributed by atoms with van der Waals surface area (Å²) in [5, 5.41) is 4.43. The number of anilines is 2. The summed E-state index contributed by atoms with van der Waals surface area (Å²) in [6.45, 7) is 10.00. The van der Waals surface area contributed by atoms with Gasteiger partial charge in [-0.25, -0.2) is 0 Å². The predicted molar refractivity (Wildman–Crippen MR) is 69.1 cm³/mol. The normalized spacial score (nSPS) is 22.8. The van der Waals surface area contributed by atoms with Crippen LogP contribution in [0.15, 0.2) is 6.20 Å². The fourth-order valence-corrected chi connectivity index (χ4v) is 2.68. The van der Waals surface area contributed by atoms with Gasteiger partial charge in [0.2, 0.25) is 0 Å². The summed E-state index contributed by atoms with van der Waals surface area (Å²) in [6.07, 6.45) is 1.84. The average molecular weight is 238 g/mol. The minimum atomic E-state index is -0.189. The highest BCUT2D eigenvalue weighted by atomic mass is 16.5. The van der Waals surface area contributed by atoms with Crippen molar-refractivity contribution >= 4 is 11.5 Å². The molecule has 1 aromatic heterocycles. The van der Waals surface area contributed by atoms with Gasteiger partial charge in [-0.2, -0.15) is 5.10 Å². The third kappa shape index (κ3) is 2.54. The standard InChI is InChI=1S/C12H22N4O/c1-11(2)7-16(8-12(3,4)17-11)10-9(13)6-15(5)14-10/h6H,7-8,13H2,1-5H3. The van der Waals surface area contributed by atoms with Crippen molar-refractivity contribution in [2.45, 2.75) is 38.9 Å². The first kappa shape index (κ1) is 12.2. The Hall–Kier alpha value is -1.23. The van der Waals surface area contributed by atoms with Gasteiger partial charge in [0.1, 0.15) is 0 Å². The van der Waals surface area contributed by atoms with E-state index in [1.54, 1.807) is 4.68 Å². The van der Waals surface area contributed by atoms with Crippen molar-refractivity contribution < 1.29 is 4.74 Å². The topological polar surface area (TPSA) is 56.3 Å². The van der Waals surface area contributed by atoms with Crippen molar-refractivity contribution in [2.75, 3.05) is 23.7 Å². The lowest BCUT2D eigenvalue weighted by Gasteiger charge is -2.47. The van der Waals surface area contributed by atoms with E-state index in [1.807, 2.05) is 13.2 Å². The summed E-state index contributed by atoms with van der Waals surface area (Å²) < 4.78 is 7.79. The molecule has 2 heterocycles. The number of rotatable bonds is 1. The molecule has 2 rings (SSSR count). The van der Waals surface area contributed by atoms with Crippen molar-refractivity contribution in [3.63, 3.8) is 0 Å². The van der Waals surface area contributed by atoms with E-state index in [2.05, 4.69) is 37.7 Å². The number of aromatic nitrogens is 2. The van der Waals surface area contributed by atoms with Gasteiger partial charge in [-0.1, -0.05) is 0 Å². The molecule has 0 aromatic carbocycles. The van der Waals surface area contributed by atoms with Crippen molar-refractivity contribution in [3.05, 3.63) is 6.20 Å². The van der Waals surface area contributed by atoms with Gasteiger partial charge < -0.3 is 15.4 Å². The first-order valence-electron chi connectivity index (χ1n) is 5.93. The second kappa shape index (κ2) is 3.63. The number of ether oxygens (including phenoxy) is 1. The first-order valence-corrected chi connectivity index (χ1v) is 5.93. The van der Waals surface area contributed by atoms with Crippen LogP contribution in [0.25, 0.3) is 0 Å². The van der Waals surface area contributed by atoms with Crippen LogP contribution < -0.4 is 10.6 Å². The van der Waals surface area contributed by atoms with Gasteiger partial charge in [0.05, 0.1) is 16.9 Å². The molecule has 0 bridgehead atoms. The van der Waals surface area contributed by atoms with E-state index in [-0.39, 0.29) is 11.2 Å². The molecular weight excluding hydrogens is 216 g/mol. The Kier molecular flexibility index (Phi) is 2.61. The average Bonchev–Trinajstić information content (AvgIpc) is 2.39. The fourth-order valence-electron chi connectivity index (χ4n) is 2.68. The monoisotopic (exact) mass is 238 g/mol. The Labute approximate surface area is 103 Å². The zero-order chi connectivity index (χ0) is 12.8. The second-order valence-corrected chi connectivity index (χ2v) is 6.06. The Balaban J connectivity index is 2.30. The number of morpholine rings is 1. The van der Waals surface area contributed by atoms with E-state index in [9.17, 15) is 0 Å². The summed E-state index contributed by atoms with van der Waals surface area (Å²) in [6, 6.07) is 0. The van der Waals surface area contributed by atoms with Gasteiger partial charge in [-0.05, 0) is 27.7 Å². The van der Waals surface area contributed by atoms with Gasteiger partial charge in [0, 0.05) is 26.3 Å². The highest BCUT2D eigenvalue weighted by Crippen LogP contribution is 2.32. The molecule has 0 radical (unpaired) electrons. The molecule has 0 aliphatic carbocycles. The molecule has 1 fully saturated rings. The lowest BCUT2D eigenvalue weighted by atomic mass is 9.99. The molecule has 0 unspecified atom stereocenters. The van der Waals surface area contributed by atoms with Crippen molar-refractivity contribution in [3.8, 4) is 0 Å². The molecule has 1 saturated heterocycles. The molecule has 96 valence electrons. The van der Waals surface area contributed by atoms with Gasteiger partial charge in [0.15, 0.2) is 5.82 Å².